The van der Waals surface area contributed by atoms with Crippen molar-refractivity contribution in [3.8, 4) is 5.75 Å². The number of benzene rings is 1. The van der Waals surface area contributed by atoms with E-state index in [1.807, 2.05) is 6.92 Å². The molecule has 0 unspecified atom stereocenters. The number of alkyl halides is 3. The molecule has 0 radical (unpaired) electrons. The van der Waals surface area contributed by atoms with Gasteiger partial charge >= 0.3 is 6.18 Å². The number of nitrogens with one attached hydrogen (secondary N) is 1. The molecule has 0 aliphatic rings. The summed E-state index contributed by atoms with van der Waals surface area (Å²) >= 11 is 3.39. The van der Waals surface area contributed by atoms with Crippen LogP contribution in [0.3, 0.4) is 0 Å². The topological polar surface area (TPSA) is 74.0 Å². The molecule has 3 aromatic rings. The van der Waals surface area contributed by atoms with Crippen molar-refractivity contribution in [3.05, 3.63) is 64.1 Å². The highest BCUT2D eigenvalue weighted by Crippen LogP contribution is 2.31. The van der Waals surface area contributed by atoms with Gasteiger partial charge in [0, 0.05) is 12.7 Å². The molecule has 3 rings (SSSR count). The van der Waals surface area contributed by atoms with Crippen molar-refractivity contribution >= 4 is 21.8 Å². The van der Waals surface area contributed by atoms with Crippen molar-refractivity contribution in [1.82, 2.24) is 24.9 Å². The Morgan fingerprint density at radius 3 is 2.83 bits per heavy atom. The maximum absolute atomic E-state index is 12.7. The smallest absolute Gasteiger partial charge is 0.416 e. The van der Waals surface area contributed by atoms with Gasteiger partial charge < -0.3 is 10.1 Å². The summed E-state index contributed by atoms with van der Waals surface area (Å²) in [4.78, 5) is 12.3. The van der Waals surface area contributed by atoms with E-state index >= 15 is 0 Å². The van der Waals surface area contributed by atoms with Gasteiger partial charge in [0.2, 0.25) is 0 Å². The maximum Gasteiger partial charge on any atom is 0.416 e. The van der Waals surface area contributed by atoms with Crippen molar-refractivity contribution in [3.63, 3.8) is 0 Å². The first-order chi connectivity index (χ1) is 13.8. The molecular formula is C18H17BrF3N5O2. The zero-order chi connectivity index (χ0) is 21.0. The Labute approximate surface area is 172 Å². The molecule has 2 heterocycles. The van der Waals surface area contributed by atoms with E-state index in [0.29, 0.717) is 6.54 Å². The lowest BCUT2D eigenvalue weighted by Crippen LogP contribution is -2.25. The fourth-order valence-electron chi connectivity index (χ4n) is 2.55. The van der Waals surface area contributed by atoms with E-state index in [2.05, 4.69) is 31.4 Å². The molecule has 1 aromatic carbocycles. The van der Waals surface area contributed by atoms with Crippen molar-refractivity contribution in [2.24, 2.45) is 0 Å². The van der Waals surface area contributed by atoms with Crippen LogP contribution in [0.5, 0.6) is 5.75 Å². The molecule has 0 spiro atoms. The van der Waals surface area contributed by atoms with Crippen LogP contribution in [0, 0.1) is 0 Å². The summed E-state index contributed by atoms with van der Waals surface area (Å²) < 4.78 is 47.4. The SMILES string of the molecule is CCn1ncc(Br)c1CNC(=O)c1ccn(COc2cccc(C(F)(F)F)c2)n1. The second-order valence-corrected chi connectivity index (χ2v) is 6.83. The summed E-state index contributed by atoms with van der Waals surface area (Å²) in [6, 6.07) is 6.05. The molecule has 2 aromatic heterocycles. The van der Waals surface area contributed by atoms with Crippen LogP contribution < -0.4 is 10.1 Å². The van der Waals surface area contributed by atoms with E-state index in [4.69, 9.17) is 4.74 Å². The predicted molar refractivity (Wildman–Crippen MR) is 101 cm³/mol. The molecule has 0 saturated carbocycles. The molecule has 0 fully saturated rings. The predicted octanol–water partition coefficient (Wildman–Crippen LogP) is 3.85. The minimum atomic E-state index is -4.45. The number of halogens is 4. The summed E-state index contributed by atoms with van der Waals surface area (Å²) in [5.41, 5.74) is 0.192. The van der Waals surface area contributed by atoms with Crippen molar-refractivity contribution < 1.29 is 22.7 Å². The summed E-state index contributed by atoms with van der Waals surface area (Å²) in [5.74, 6) is -0.336. The second kappa shape index (κ2) is 8.68. The number of carbonyl (C=O) groups excluding carboxylic acids is 1. The fraction of sp³-hybridized carbons (Fsp3) is 0.278. The molecule has 154 valence electrons. The zero-order valence-corrected chi connectivity index (χ0v) is 16.9. The van der Waals surface area contributed by atoms with Crippen molar-refractivity contribution in [1.29, 1.82) is 0 Å². The lowest BCUT2D eigenvalue weighted by Gasteiger charge is -2.10. The van der Waals surface area contributed by atoms with E-state index in [-0.39, 0.29) is 24.7 Å². The van der Waals surface area contributed by atoms with Gasteiger partial charge in [-0.1, -0.05) is 6.07 Å². The third-order valence-electron chi connectivity index (χ3n) is 4.01. The lowest BCUT2D eigenvalue weighted by atomic mass is 10.2. The Morgan fingerprint density at radius 1 is 1.31 bits per heavy atom. The Balaban J connectivity index is 1.58. The van der Waals surface area contributed by atoms with Gasteiger partial charge in [-0.25, -0.2) is 4.68 Å². The van der Waals surface area contributed by atoms with E-state index < -0.39 is 17.6 Å². The molecule has 0 atom stereocenters. The number of ether oxygens (including phenoxy) is 1. The molecular weight excluding hydrogens is 455 g/mol. The molecule has 0 saturated heterocycles. The summed E-state index contributed by atoms with van der Waals surface area (Å²) in [5, 5.41) is 11.0. The molecule has 1 N–H and O–H groups in total. The third-order valence-corrected chi connectivity index (χ3v) is 4.67. The number of carbonyl (C=O) groups is 1. The molecule has 0 bridgehead atoms. The van der Waals surface area contributed by atoms with Gasteiger partial charge in [-0.05, 0) is 47.1 Å². The summed E-state index contributed by atoms with van der Waals surface area (Å²) in [6.45, 7) is 2.73. The second-order valence-electron chi connectivity index (χ2n) is 5.98. The largest absolute Gasteiger partial charge is 0.471 e. The van der Waals surface area contributed by atoms with Crippen LogP contribution in [-0.2, 0) is 26.0 Å². The number of hydrogen-bond donors (Lipinski definition) is 1. The van der Waals surface area contributed by atoms with Crippen molar-refractivity contribution in [2.75, 3.05) is 0 Å². The van der Waals surface area contributed by atoms with E-state index in [0.717, 1.165) is 22.3 Å². The van der Waals surface area contributed by atoms with Crippen LogP contribution >= 0.6 is 15.9 Å². The van der Waals surface area contributed by atoms with E-state index in [1.165, 1.54) is 29.1 Å². The number of hydrogen-bond acceptors (Lipinski definition) is 4. The summed E-state index contributed by atoms with van der Waals surface area (Å²) in [6.07, 6.45) is -1.28. The van der Waals surface area contributed by atoms with Crippen LogP contribution in [0.25, 0.3) is 0 Å². The van der Waals surface area contributed by atoms with Crippen molar-refractivity contribution in [2.45, 2.75) is 32.9 Å². The van der Waals surface area contributed by atoms with Gasteiger partial charge in [0.25, 0.3) is 5.91 Å². The van der Waals surface area contributed by atoms with Crippen LogP contribution in [0.1, 0.15) is 28.7 Å². The number of nitrogens with zero attached hydrogens (tertiary/aromatic N) is 4. The van der Waals surface area contributed by atoms with Gasteiger partial charge in [0.15, 0.2) is 6.73 Å². The van der Waals surface area contributed by atoms with Gasteiger partial charge in [-0.2, -0.15) is 23.4 Å². The number of amides is 1. The van der Waals surface area contributed by atoms with E-state index in [1.54, 1.807) is 10.9 Å². The molecule has 1 amide bonds. The van der Waals surface area contributed by atoms with Crippen LogP contribution in [0.4, 0.5) is 13.2 Å². The van der Waals surface area contributed by atoms with Gasteiger partial charge in [0.05, 0.1) is 28.5 Å². The Hall–Kier alpha value is -2.82. The highest BCUT2D eigenvalue weighted by atomic mass is 79.9. The number of aromatic nitrogens is 4. The van der Waals surface area contributed by atoms with Gasteiger partial charge in [-0.3, -0.25) is 9.48 Å². The average Bonchev–Trinajstić information content (AvgIpc) is 3.30. The highest BCUT2D eigenvalue weighted by Gasteiger charge is 2.30. The Morgan fingerprint density at radius 2 is 2.10 bits per heavy atom. The van der Waals surface area contributed by atoms with Crippen LogP contribution in [0.2, 0.25) is 0 Å². The normalized spacial score (nSPS) is 11.5. The number of aryl methyl sites for hydroxylation is 1. The molecule has 0 aliphatic heterocycles. The van der Waals surface area contributed by atoms with Gasteiger partial charge in [-0.15, -0.1) is 0 Å². The molecule has 11 heteroatoms. The molecule has 29 heavy (non-hydrogen) atoms. The number of rotatable bonds is 7. The molecule has 0 aliphatic carbocycles. The minimum Gasteiger partial charge on any atom is -0.471 e. The third kappa shape index (κ3) is 5.17. The summed E-state index contributed by atoms with van der Waals surface area (Å²) in [7, 11) is 0. The highest BCUT2D eigenvalue weighted by molar-refractivity contribution is 9.10. The first-order valence-electron chi connectivity index (χ1n) is 8.60. The first-order valence-corrected chi connectivity index (χ1v) is 9.39. The monoisotopic (exact) mass is 471 g/mol. The minimum absolute atomic E-state index is 0.0546. The lowest BCUT2D eigenvalue weighted by molar-refractivity contribution is -0.137. The first kappa shape index (κ1) is 20.9. The van der Waals surface area contributed by atoms with Crippen LogP contribution in [-0.4, -0.2) is 25.5 Å². The fourth-order valence-corrected chi connectivity index (χ4v) is 2.98. The van der Waals surface area contributed by atoms with E-state index in [9.17, 15) is 18.0 Å². The maximum atomic E-state index is 12.7. The Kier molecular flexibility index (Phi) is 6.26. The standard InChI is InChI=1S/C18H17BrF3N5O2/c1-2-27-16(14(19)9-24-27)10-23-17(28)15-6-7-26(25-15)11-29-13-5-3-4-12(8-13)18(20,21)22/h3-9H,2,10-11H2,1H3,(H,23,28). The van der Waals surface area contributed by atoms with Crippen LogP contribution in [0.15, 0.2) is 47.2 Å². The average molecular weight is 472 g/mol. The van der Waals surface area contributed by atoms with Gasteiger partial charge in [0.1, 0.15) is 11.4 Å². The Bertz CT molecular complexity index is 1000. The molecule has 7 nitrogen and oxygen atoms in total. The zero-order valence-electron chi connectivity index (χ0n) is 15.3. The quantitative estimate of drug-likeness (QED) is 0.567.